The van der Waals surface area contributed by atoms with Crippen molar-refractivity contribution >= 4 is 29.7 Å². The van der Waals surface area contributed by atoms with Crippen LogP contribution >= 0.6 is 0 Å². The third kappa shape index (κ3) is 5.76. The van der Waals surface area contributed by atoms with Crippen LogP contribution in [0.1, 0.15) is 28.6 Å². The van der Waals surface area contributed by atoms with Crippen molar-refractivity contribution in [3.05, 3.63) is 95.6 Å². The van der Waals surface area contributed by atoms with E-state index in [1.165, 1.54) is 0 Å². The zero-order valence-corrected chi connectivity index (χ0v) is 17.8. The predicted molar refractivity (Wildman–Crippen MR) is 123 cm³/mol. The van der Waals surface area contributed by atoms with Crippen LogP contribution in [0.25, 0.3) is 12.2 Å². The van der Waals surface area contributed by atoms with E-state index in [0.717, 1.165) is 0 Å². The number of carbonyl (C=O) groups is 2. The smallest absolute Gasteiger partial charge is 0.287 e. The second-order valence-corrected chi connectivity index (χ2v) is 7.03. The molecule has 8 heteroatoms. The number of nitrogens with zero attached hydrogens (tertiary/aromatic N) is 1. The molecule has 2 aromatic carbocycles. The second kappa shape index (κ2) is 10.1. The van der Waals surface area contributed by atoms with Gasteiger partial charge in [-0.2, -0.15) is 5.10 Å². The summed E-state index contributed by atoms with van der Waals surface area (Å²) in [4.78, 5) is 25.6. The van der Waals surface area contributed by atoms with Crippen LogP contribution in [0.5, 0.6) is 11.5 Å². The Labute approximate surface area is 190 Å². The average Bonchev–Trinajstić information content (AvgIpc) is 3.53. The number of allylic oxidation sites excluding steroid dienone is 1. The molecule has 0 aliphatic carbocycles. The highest BCUT2D eigenvalue weighted by Gasteiger charge is 2.17. The van der Waals surface area contributed by atoms with Crippen molar-refractivity contribution in [1.82, 2.24) is 10.7 Å². The summed E-state index contributed by atoms with van der Waals surface area (Å²) >= 11 is 0. The fourth-order valence-corrected chi connectivity index (χ4v) is 2.94. The summed E-state index contributed by atoms with van der Waals surface area (Å²) in [5.41, 5.74) is 4.10. The normalized spacial score (nSPS) is 13.2. The highest BCUT2D eigenvalue weighted by Crippen LogP contribution is 2.33. The molecule has 3 aromatic rings. The molecule has 0 saturated carbocycles. The lowest BCUT2D eigenvalue weighted by molar-refractivity contribution is -0.117. The van der Waals surface area contributed by atoms with Crippen LogP contribution in [0.15, 0.2) is 88.2 Å². The van der Waals surface area contributed by atoms with Crippen molar-refractivity contribution in [3.8, 4) is 11.5 Å². The van der Waals surface area contributed by atoms with Gasteiger partial charge in [-0.1, -0.05) is 24.3 Å². The van der Waals surface area contributed by atoms with E-state index in [1.54, 1.807) is 92.1 Å². The van der Waals surface area contributed by atoms with Gasteiger partial charge >= 0.3 is 0 Å². The molecule has 0 atom stereocenters. The van der Waals surface area contributed by atoms with Gasteiger partial charge in [0.25, 0.3) is 11.8 Å². The minimum atomic E-state index is -0.581. The number of benzene rings is 2. The van der Waals surface area contributed by atoms with Crippen LogP contribution in [-0.2, 0) is 4.79 Å². The van der Waals surface area contributed by atoms with Crippen molar-refractivity contribution in [2.45, 2.75) is 6.92 Å². The molecule has 0 radical (unpaired) electrons. The summed E-state index contributed by atoms with van der Waals surface area (Å²) in [5.74, 6) is 0.845. The van der Waals surface area contributed by atoms with Crippen molar-refractivity contribution in [2.75, 3.05) is 6.79 Å². The number of hydrogen-bond acceptors (Lipinski definition) is 6. The maximum atomic E-state index is 12.9. The standard InChI is InChI=1S/C25H21N3O5/c1-17(9-11-20-8-5-13-31-20)27-28-25(30)21(26-24(29)19-6-3-2-4-7-19)14-18-10-12-22-23(15-18)33-16-32-22/h2-15H,16H2,1H3,(H,26,29)(H,28,30)/b11-9+,21-14-,27-17+. The van der Waals surface area contributed by atoms with Crippen LogP contribution in [0.3, 0.4) is 0 Å². The van der Waals surface area contributed by atoms with Crippen molar-refractivity contribution in [2.24, 2.45) is 5.10 Å². The number of furan rings is 1. The van der Waals surface area contributed by atoms with E-state index in [-0.39, 0.29) is 12.5 Å². The van der Waals surface area contributed by atoms with Crippen LogP contribution in [0, 0.1) is 0 Å². The van der Waals surface area contributed by atoms with Gasteiger partial charge in [0.05, 0.1) is 12.0 Å². The van der Waals surface area contributed by atoms with Crippen LogP contribution in [0.4, 0.5) is 0 Å². The first-order valence-corrected chi connectivity index (χ1v) is 10.1. The van der Waals surface area contributed by atoms with Crippen LogP contribution in [-0.4, -0.2) is 24.3 Å². The molecule has 0 saturated heterocycles. The topological polar surface area (TPSA) is 102 Å². The van der Waals surface area contributed by atoms with E-state index >= 15 is 0 Å². The van der Waals surface area contributed by atoms with E-state index in [9.17, 15) is 9.59 Å². The predicted octanol–water partition coefficient (Wildman–Crippen LogP) is 3.98. The number of amides is 2. The van der Waals surface area contributed by atoms with Gasteiger partial charge in [0.15, 0.2) is 11.5 Å². The van der Waals surface area contributed by atoms with Gasteiger partial charge < -0.3 is 19.2 Å². The molecule has 4 rings (SSSR count). The molecule has 1 aliphatic heterocycles. The molecule has 166 valence electrons. The summed E-state index contributed by atoms with van der Waals surface area (Å²) < 4.78 is 15.9. The van der Waals surface area contributed by atoms with Crippen LogP contribution in [0.2, 0.25) is 0 Å². The SMILES string of the molecule is CC(/C=C/c1ccco1)=N\NC(=O)/C(=C/c1ccc2c(c1)OCO2)NC(=O)c1ccccc1. The molecule has 2 N–H and O–H groups in total. The molecule has 33 heavy (non-hydrogen) atoms. The Balaban J connectivity index is 1.54. The maximum Gasteiger partial charge on any atom is 0.287 e. The molecule has 0 fully saturated rings. The fraction of sp³-hybridized carbons (Fsp3) is 0.0800. The summed E-state index contributed by atoms with van der Waals surface area (Å²) in [6, 6.07) is 17.4. The first kappa shape index (κ1) is 21.6. The molecule has 2 amide bonds. The van der Waals surface area contributed by atoms with E-state index in [0.29, 0.717) is 34.1 Å². The number of hydrogen-bond donors (Lipinski definition) is 2. The summed E-state index contributed by atoms with van der Waals surface area (Å²) in [7, 11) is 0. The van der Waals surface area contributed by atoms with Gasteiger partial charge in [0, 0.05) is 5.56 Å². The lowest BCUT2D eigenvalue weighted by Crippen LogP contribution is -2.33. The highest BCUT2D eigenvalue weighted by molar-refractivity contribution is 6.06. The molecule has 0 spiro atoms. The molecular formula is C25H21N3O5. The Morgan fingerprint density at radius 2 is 1.82 bits per heavy atom. The van der Waals surface area contributed by atoms with E-state index < -0.39 is 11.8 Å². The third-order valence-electron chi connectivity index (χ3n) is 4.60. The molecule has 1 aromatic heterocycles. The molecule has 0 unspecified atom stereocenters. The van der Waals surface area contributed by atoms with E-state index in [2.05, 4.69) is 15.8 Å². The molecule has 0 bridgehead atoms. The Bertz CT molecular complexity index is 1230. The summed E-state index contributed by atoms with van der Waals surface area (Å²) in [6.45, 7) is 1.86. The number of rotatable bonds is 7. The number of fused-ring (bicyclic) bond motifs is 1. The average molecular weight is 443 g/mol. The maximum absolute atomic E-state index is 12.9. The third-order valence-corrected chi connectivity index (χ3v) is 4.60. The summed E-state index contributed by atoms with van der Waals surface area (Å²) in [5, 5.41) is 6.74. The van der Waals surface area contributed by atoms with Crippen molar-refractivity contribution in [3.63, 3.8) is 0 Å². The van der Waals surface area contributed by atoms with Crippen LogP contribution < -0.4 is 20.2 Å². The molecule has 1 aliphatic rings. The Hall–Kier alpha value is -4.59. The Kier molecular flexibility index (Phi) is 6.65. The number of nitrogens with one attached hydrogen (secondary N) is 2. The molecule has 2 heterocycles. The minimum Gasteiger partial charge on any atom is -0.465 e. The second-order valence-electron chi connectivity index (χ2n) is 7.03. The number of carbonyl (C=O) groups excluding carboxylic acids is 2. The largest absolute Gasteiger partial charge is 0.465 e. The molecular weight excluding hydrogens is 422 g/mol. The van der Waals surface area contributed by atoms with Gasteiger partial charge in [-0.3, -0.25) is 9.59 Å². The monoisotopic (exact) mass is 443 g/mol. The summed E-state index contributed by atoms with van der Waals surface area (Å²) in [6.07, 6.45) is 6.53. The van der Waals surface area contributed by atoms with Gasteiger partial charge in [-0.15, -0.1) is 0 Å². The number of hydrazone groups is 1. The lowest BCUT2D eigenvalue weighted by Gasteiger charge is -2.10. The Morgan fingerprint density at radius 3 is 2.61 bits per heavy atom. The quantitative estimate of drug-likeness (QED) is 0.327. The minimum absolute atomic E-state index is 0.0225. The van der Waals surface area contributed by atoms with Crippen molar-refractivity contribution in [1.29, 1.82) is 0 Å². The zero-order chi connectivity index (χ0) is 23.0. The van der Waals surface area contributed by atoms with E-state index in [4.69, 9.17) is 13.9 Å². The first-order valence-electron chi connectivity index (χ1n) is 10.1. The fourth-order valence-electron chi connectivity index (χ4n) is 2.94. The zero-order valence-electron chi connectivity index (χ0n) is 17.8. The first-order chi connectivity index (χ1) is 16.1. The van der Waals surface area contributed by atoms with Gasteiger partial charge in [0.1, 0.15) is 11.5 Å². The van der Waals surface area contributed by atoms with Gasteiger partial charge in [0.2, 0.25) is 6.79 Å². The number of ether oxygens (including phenoxy) is 2. The molecule has 8 nitrogen and oxygen atoms in total. The Morgan fingerprint density at radius 1 is 1.00 bits per heavy atom. The van der Waals surface area contributed by atoms with Gasteiger partial charge in [-0.25, -0.2) is 5.43 Å². The van der Waals surface area contributed by atoms with Gasteiger partial charge in [-0.05, 0) is 67.1 Å². The van der Waals surface area contributed by atoms with Crippen molar-refractivity contribution < 1.29 is 23.5 Å². The van der Waals surface area contributed by atoms with E-state index in [1.807, 2.05) is 0 Å². The lowest BCUT2D eigenvalue weighted by atomic mass is 10.1. The highest BCUT2D eigenvalue weighted by atomic mass is 16.7.